The summed E-state index contributed by atoms with van der Waals surface area (Å²) in [4.78, 5) is 0. The van der Waals surface area contributed by atoms with E-state index in [0.717, 1.165) is 32.6 Å². The van der Waals surface area contributed by atoms with Crippen LogP contribution in [0, 0.1) is 0 Å². The van der Waals surface area contributed by atoms with Gasteiger partial charge < -0.3 is 10.1 Å². The molecule has 0 bridgehead atoms. The van der Waals surface area contributed by atoms with Crippen LogP contribution in [-0.4, -0.2) is 30.0 Å². The van der Waals surface area contributed by atoms with Gasteiger partial charge in [0, 0.05) is 31.5 Å². The Kier molecular flexibility index (Phi) is 3.16. The molecule has 1 N–H and O–H groups in total. The van der Waals surface area contributed by atoms with Gasteiger partial charge >= 0.3 is 0 Å². The highest BCUT2D eigenvalue weighted by Crippen LogP contribution is 2.19. The fourth-order valence-corrected chi connectivity index (χ4v) is 1.82. The van der Waals surface area contributed by atoms with Crippen LogP contribution in [0.3, 0.4) is 0 Å². The Morgan fingerprint density at radius 1 is 1.57 bits per heavy atom. The lowest BCUT2D eigenvalue weighted by Crippen LogP contribution is -2.19. The zero-order valence-electron chi connectivity index (χ0n) is 8.57. The summed E-state index contributed by atoms with van der Waals surface area (Å²) < 4.78 is 7.40. The van der Waals surface area contributed by atoms with Crippen LogP contribution >= 0.6 is 0 Å². The zero-order valence-corrected chi connectivity index (χ0v) is 8.57. The average Bonchev–Trinajstić information content (AvgIpc) is 2.68. The molecule has 1 aliphatic heterocycles. The van der Waals surface area contributed by atoms with Crippen LogP contribution < -0.4 is 5.32 Å². The summed E-state index contributed by atoms with van der Waals surface area (Å²) in [6.07, 6.45) is 6.24. The Bertz CT molecular complexity index is 279. The van der Waals surface area contributed by atoms with Crippen LogP contribution in [0.15, 0.2) is 12.4 Å². The van der Waals surface area contributed by atoms with Crippen LogP contribution in [0.2, 0.25) is 0 Å². The van der Waals surface area contributed by atoms with Gasteiger partial charge in [0.1, 0.15) is 0 Å². The van der Waals surface area contributed by atoms with Crippen molar-refractivity contribution in [2.24, 2.45) is 0 Å². The summed E-state index contributed by atoms with van der Waals surface area (Å²) in [6.45, 7) is 2.63. The minimum atomic E-state index is 0.536. The number of rotatable bonds is 3. The van der Waals surface area contributed by atoms with Crippen LogP contribution in [0.4, 0.5) is 0 Å². The van der Waals surface area contributed by atoms with Gasteiger partial charge in [-0.1, -0.05) is 0 Å². The number of hydrogen-bond acceptors (Lipinski definition) is 3. The molecule has 1 aromatic heterocycles. The van der Waals surface area contributed by atoms with Gasteiger partial charge in [-0.2, -0.15) is 5.10 Å². The molecule has 0 aliphatic carbocycles. The van der Waals surface area contributed by atoms with Crippen LogP contribution in [0.5, 0.6) is 0 Å². The Hall–Kier alpha value is -0.870. The summed E-state index contributed by atoms with van der Waals surface area (Å²) in [5.74, 6) is 0. The molecule has 0 aromatic carbocycles. The Balaban J connectivity index is 2.00. The Morgan fingerprint density at radius 3 is 3.07 bits per heavy atom. The highest BCUT2D eigenvalue weighted by Gasteiger charge is 2.15. The number of ether oxygens (including phenoxy) is 1. The Morgan fingerprint density at radius 2 is 2.36 bits per heavy atom. The predicted molar refractivity (Wildman–Crippen MR) is 54.1 cm³/mol. The van der Waals surface area contributed by atoms with Gasteiger partial charge in [-0.3, -0.25) is 4.68 Å². The molecule has 0 radical (unpaired) electrons. The van der Waals surface area contributed by atoms with Gasteiger partial charge in [-0.15, -0.1) is 0 Å². The summed E-state index contributed by atoms with van der Waals surface area (Å²) in [5, 5.41) is 7.50. The first kappa shape index (κ1) is 9.68. The van der Waals surface area contributed by atoms with Gasteiger partial charge in [-0.25, -0.2) is 0 Å². The third-order valence-corrected chi connectivity index (χ3v) is 2.60. The highest BCUT2D eigenvalue weighted by atomic mass is 16.5. The van der Waals surface area contributed by atoms with Crippen LogP contribution in [0.1, 0.15) is 24.4 Å². The van der Waals surface area contributed by atoms with Crippen molar-refractivity contribution >= 4 is 0 Å². The van der Waals surface area contributed by atoms with Crippen LogP contribution in [0.25, 0.3) is 0 Å². The van der Waals surface area contributed by atoms with E-state index in [1.165, 1.54) is 5.56 Å². The van der Waals surface area contributed by atoms with E-state index in [-0.39, 0.29) is 0 Å². The van der Waals surface area contributed by atoms with E-state index in [0.29, 0.717) is 6.04 Å². The second kappa shape index (κ2) is 4.57. The molecule has 0 amide bonds. The SMILES string of the molecule is CNCc1cnn(C2CCOCC2)c1. The maximum Gasteiger partial charge on any atom is 0.0563 e. The van der Waals surface area contributed by atoms with Crippen molar-refractivity contribution in [3.63, 3.8) is 0 Å². The first-order chi connectivity index (χ1) is 6.90. The van der Waals surface area contributed by atoms with E-state index in [4.69, 9.17) is 4.74 Å². The van der Waals surface area contributed by atoms with E-state index in [2.05, 4.69) is 21.3 Å². The minimum Gasteiger partial charge on any atom is -0.381 e. The Labute approximate surface area is 84.3 Å². The van der Waals surface area contributed by atoms with E-state index >= 15 is 0 Å². The zero-order chi connectivity index (χ0) is 9.80. The highest BCUT2D eigenvalue weighted by molar-refractivity contribution is 5.03. The van der Waals surface area contributed by atoms with Gasteiger partial charge in [0.25, 0.3) is 0 Å². The quantitative estimate of drug-likeness (QED) is 0.780. The first-order valence-electron chi connectivity index (χ1n) is 5.15. The van der Waals surface area contributed by atoms with Gasteiger partial charge in [0.2, 0.25) is 0 Å². The third kappa shape index (κ3) is 2.13. The van der Waals surface area contributed by atoms with E-state index < -0.39 is 0 Å². The molecular formula is C10H17N3O. The predicted octanol–water partition coefficient (Wildman–Crippen LogP) is 0.954. The lowest BCUT2D eigenvalue weighted by atomic mass is 10.1. The summed E-state index contributed by atoms with van der Waals surface area (Å²) in [5.41, 5.74) is 1.25. The lowest BCUT2D eigenvalue weighted by Gasteiger charge is -2.22. The monoisotopic (exact) mass is 195 g/mol. The molecule has 0 saturated carbocycles. The topological polar surface area (TPSA) is 39.1 Å². The molecule has 14 heavy (non-hydrogen) atoms. The van der Waals surface area contributed by atoms with Crippen molar-refractivity contribution in [1.82, 2.24) is 15.1 Å². The first-order valence-corrected chi connectivity index (χ1v) is 5.15. The number of nitrogens with one attached hydrogen (secondary N) is 1. The number of aromatic nitrogens is 2. The maximum absolute atomic E-state index is 5.32. The molecule has 0 atom stereocenters. The molecule has 1 aromatic rings. The van der Waals surface area contributed by atoms with Gasteiger partial charge in [-0.05, 0) is 19.9 Å². The van der Waals surface area contributed by atoms with E-state index in [9.17, 15) is 0 Å². The van der Waals surface area contributed by atoms with Gasteiger partial charge in [0.05, 0.1) is 12.2 Å². The molecule has 78 valence electrons. The van der Waals surface area contributed by atoms with E-state index in [1.54, 1.807) is 0 Å². The van der Waals surface area contributed by atoms with Crippen molar-refractivity contribution in [1.29, 1.82) is 0 Å². The average molecular weight is 195 g/mol. The molecule has 1 aliphatic rings. The molecular weight excluding hydrogens is 178 g/mol. The standard InChI is InChI=1S/C10H17N3O/c1-11-6-9-7-12-13(8-9)10-2-4-14-5-3-10/h7-8,10-11H,2-6H2,1H3. The number of nitrogens with zero attached hydrogens (tertiary/aromatic N) is 2. The van der Waals surface area contributed by atoms with E-state index in [1.807, 2.05) is 13.2 Å². The summed E-state index contributed by atoms with van der Waals surface area (Å²) in [6, 6.07) is 0.536. The molecule has 4 heteroatoms. The smallest absolute Gasteiger partial charge is 0.0563 e. The maximum atomic E-state index is 5.32. The minimum absolute atomic E-state index is 0.536. The lowest BCUT2D eigenvalue weighted by molar-refractivity contribution is 0.0662. The van der Waals surface area contributed by atoms with Gasteiger partial charge in [0.15, 0.2) is 0 Å². The van der Waals surface area contributed by atoms with Crippen molar-refractivity contribution in [3.05, 3.63) is 18.0 Å². The van der Waals surface area contributed by atoms with Crippen molar-refractivity contribution in [2.45, 2.75) is 25.4 Å². The third-order valence-electron chi connectivity index (χ3n) is 2.60. The second-order valence-corrected chi connectivity index (χ2v) is 3.70. The molecule has 0 spiro atoms. The molecule has 1 fully saturated rings. The van der Waals surface area contributed by atoms with Crippen molar-refractivity contribution < 1.29 is 4.74 Å². The van der Waals surface area contributed by atoms with Crippen molar-refractivity contribution in [2.75, 3.05) is 20.3 Å². The summed E-state index contributed by atoms with van der Waals surface area (Å²) >= 11 is 0. The summed E-state index contributed by atoms with van der Waals surface area (Å²) in [7, 11) is 1.95. The molecule has 1 saturated heterocycles. The largest absolute Gasteiger partial charge is 0.381 e. The molecule has 2 heterocycles. The molecule has 2 rings (SSSR count). The van der Waals surface area contributed by atoms with Crippen molar-refractivity contribution in [3.8, 4) is 0 Å². The fourth-order valence-electron chi connectivity index (χ4n) is 1.82. The number of hydrogen-bond donors (Lipinski definition) is 1. The van der Waals surface area contributed by atoms with Crippen LogP contribution in [-0.2, 0) is 11.3 Å². The second-order valence-electron chi connectivity index (χ2n) is 3.70. The molecule has 4 nitrogen and oxygen atoms in total. The fraction of sp³-hybridized carbons (Fsp3) is 0.700. The normalized spacial score (nSPS) is 18.6. The molecule has 0 unspecified atom stereocenters.